The number of amides is 1. The minimum Gasteiger partial charge on any atom is -0.493 e. The number of halogens is 1. The Morgan fingerprint density at radius 3 is 2.47 bits per heavy atom. The zero-order valence-electron chi connectivity index (χ0n) is 20.3. The van der Waals surface area contributed by atoms with Gasteiger partial charge in [0.05, 0.1) is 25.8 Å². The highest BCUT2D eigenvalue weighted by molar-refractivity contribution is 7.98. The number of para-hydroxylation sites is 1. The summed E-state index contributed by atoms with van der Waals surface area (Å²) in [4.78, 5) is 13.4. The first-order valence-electron chi connectivity index (χ1n) is 11.3. The molecule has 0 bridgehead atoms. The van der Waals surface area contributed by atoms with E-state index < -0.39 is 6.04 Å². The van der Waals surface area contributed by atoms with Gasteiger partial charge >= 0.3 is 0 Å². The van der Waals surface area contributed by atoms with E-state index in [0.717, 1.165) is 5.56 Å². The van der Waals surface area contributed by atoms with Crippen LogP contribution in [0.5, 0.6) is 11.5 Å². The van der Waals surface area contributed by atoms with Crippen molar-refractivity contribution in [1.29, 1.82) is 0 Å². The van der Waals surface area contributed by atoms with Gasteiger partial charge in [-0.25, -0.2) is 4.39 Å². The maximum Gasteiger partial charge on any atom is 0.255 e. The van der Waals surface area contributed by atoms with Crippen LogP contribution < -0.4 is 14.8 Å². The van der Waals surface area contributed by atoms with Crippen LogP contribution >= 0.6 is 11.8 Å². The molecule has 0 aliphatic rings. The summed E-state index contributed by atoms with van der Waals surface area (Å²) >= 11 is 1.39. The van der Waals surface area contributed by atoms with Gasteiger partial charge in [-0.2, -0.15) is 0 Å². The molecule has 1 amide bonds. The van der Waals surface area contributed by atoms with Crippen molar-refractivity contribution in [2.24, 2.45) is 7.05 Å². The van der Waals surface area contributed by atoms with Gasteiger partial charge in [0.25, 0.3) is 5.91 Å². The van der Waals surface area contributed by atoms with Crippen LogP contribution in [0, 0.1) is 5.82 Å². The number of rotatable bonds is 10. The van der Waals surface area contributed by atoms with Crippen LogP contribution in [0.4, 0.5) is 4.39 Å². The van der Waals surface area contributed by atoms with Gasteiger partial charge < -0.3 is 19.4 Å². The SMILES string of the molecule is COc1cccc(C(=O)NC(Cc2ccccc2)c2nnc(SCc3ccccc3F)n2C)c1OC. The summed E-state index contributed by atoms with van der Waals surface area (Å²) in [6.07, 6.45) is 0.503. The average molecular weight is 507 g/mol. The molecule has 3 aromatic carbocycles. The van der Waals surface area contributed by atoms with Gasteiger partial charge in [-0.15, -0.1) is 10.2 Å². The monoisotopic (exact) mass is 506 g/mol. The van der Waals surface area contributed by atoms with Crippen molar-refractivity contribution >= 4 is 17.7 Å². The van der Waals surface area contributed by atoms with E-state index in [2.05, 4.69) is 15.5 Å². The second kappa shape index (κ2) is 11.7. The molecule has 4 aromatic rings. The fraction of sp³-hybridized carbons (Fsp3) is 0.222. The van der Waals surface area contributed by atoms with Gasteiger partial charge in [-0.1, -0.05) is 66.4 Å². The van der Waals surface area contributed by atoms with Crippen LogP contribution in [0.2, 0.25) is 0 Å². The third-order valence-electron chi connectivity index (χ3n) is 5.73. The molecular weight excluding hydrogens is 479 g/mol. The fourth-order valence-corrected chi connectivity index (χ4v) is 4.78. The molecule has 1 aromatic heterocycles. The highest BCUT2D eigenvalue weighted by Crippen LogP contribution is 2.31. The van der Waals surface area contributed by atoms with E-state index >= 15 is 0 Å². The van der Waals surface area contributed by atoms with Crippen LogP contribution in [0.15, 0.2) is 78.0 Å². The third-order valence-corrected chi connectivity index (χ3v) is 6.80. The summed E-state index contributed by atoms with van der Waals surface area (Å²) in [5.74, 6) is 1.24. The average Bonchev–Trinajstić information content (AvgIpc) is 3.27. The second-order valence-electron chi connectivity index (χ2n) is 8.04. The van der Waals surface area contributed by atoms with Gasteiger partial charge in [0.1, 0.15) is 5.82 Å². The molecule has 0 saturated heterocycles. The first-order valence-corrected chi connectivity index (χ1v) is 12.3. The van der Waals surface area contributed by atoms with Gasteiger partial charge in [-0.3, -0.25) is 4.79 Å². The molecule has 1 N–H and O–H groups in total. The Morgan fingerprint density at radius 2 is 1.75 bits per heavy atom. The number of ether oxygens (including phenoxy) is 2. The summed E-state index contributed by atoms with van der Waals surface area (Å²) in [6.45, 7) is 0. The summed E-state index contributed by atoms with van der Waals surface area (Å²) < 4.78 is 26.7. The lowest BCUT2D eigenvalue weighted by Gasteiger charge is -2.20. The molecule has 0 aliphatic heterocycles. The van der Waals surface area contributed by atoms with E-state index in [1.807, 2.05) is 41.9 Å². The number of thioether (sulfide) groups is 1. The standard InChI is InChI=1S/C27H27FN4O3S/c1-32-25(30-31-27(32)36-17-19-12-7-8-14-21(19)28)22(16-18-10-5-4-6-11-18)29-26(33)20-13-9-15-23(34-2)24(20)35-3/h4-15,22H,16-17H2,1-3H3,(H,29,33). The Labute approximate surface area is 213 Å². The minimum absolute atomic E-state index is 0.256. The number of nitrogens with one attached hydrogen (secondary N) is 1. The van der Waals surface area contributed by atoms with E-state index in [-0.39, 0.29) is 11.7 Å². The van der Waals surface area contributed by atoms with Gasteiger partial charge in [0.15, 0.2) is 22.5 Å². The number of carbonyl (C=O) groups excluding carboxylic acids is 1. The van der Waals surface area contributed by atoms with E-state index in [0.29, 0.717) is 45.8 Å². The van der Waals surface area contributed by atoms with E-state index in [1.54, 1.807) is 36.4 Å². The van der Waals surface area contributed by atoms with Crippen molar-refractivity contribution in [3.05, 3.63) is 101 Å². The number of methoxy groups -OCH3 is 2. The van der Waals surface area contributed by atoms with Crippen molar-refractivity contribution in [3.63, 3.8) is 0 Å². The van der Waals surface area contributed by atoms with Gasteiger partial charge in [-0.05, 0) is 35.7 Å². The second-order valence-corrected chi connectivity index (χ2v) is 8.98. The highest BCUT2D eigenvalue weighted by atomic mass is 32.2. The predicted octanol–water partition coefficient (Wildman–Crippen LogP) is 4.98. The van der Waals surface area contributed by atoms with Crippen LogP contribution in [0.1, 0.15) is 33.4 Å². The number of carbonyl (C=O) groups is 1. The number of hydrogen-bond acceptors (Lipinski definition) is 6. The maximum atomic E-state index is 14.1. The first kappa shape index (κ1) is 25.2. The molecule has 0 radical (unpaired) electrons. The molecule has 9 heteroatoms. The molecule has 7 nitrogen and oxygen atoms in total. The molecule has 1 heterocycles. The third kappa shape index (κ3) is 5.68. The molecule has 4 rings (SSSR count). The molecule has 1 unspecified atom stereocenters. The maximum absolute atomic E-state index is 14.1. The number of hydrogen-bond donors (Lipinski definition) is 1. The topological polar surface area (TPSA) is 78.3 Å². The molecule has 0 fully saturated rings. The van der Waals surface area contributed by atoms with Crippen LogP contribution in [-0.2, 0) is 19.2 Å². The van der Waals surface area contributed by atoms with Crippen molar-refractivity contribution in [2.75, 3.05) is 14.2 Å². The normalized spacial score (nSPS) is 11.7. The highest BCUT2D eigenvalue weighted by Gasteiger charge is 2.25. The predicted molar refractivity (Wildman–Crippen MR) is 137 cm³/mol. The first-order chi connectivity index (χ1) is 17.5. The van der Waals surface area contributed by atoms with Crippen molar-refractivity contribution < 1.29 is 18.7 Å². The van der Waals surface area contributed by atoms with E-state index in [1.165, 1.54) is 32.0 Å². The van der Waals surface area contributed by atoms with Crippen molar-refractivity contribution in [2.45, 2.75) is 23.4 Å². The van der Waals surface area contributed by atoms with Gasteiger partial charge in [0.2, 0.25) is 0 Å². The van der Waals surface area contributed by atoms with Crippen molar-refractivity contribution in [1.82, 2.24) is 20.1 Å². The Bertz CT molecular complexity index is 1330. The number of aromatic nitrogens is 3. The Kier molecular flexibility index (Phi) is 8.22. The molecule has 36 heavy (non-hydrogen) atoms. The summed E-state index contributed by atoms with van der Waals surface area (Å²) in [5, 5.41) is 12.4. The smallest absolute Gasteiger partial charge is 0.255 e. The zero-order chi connectivity index (χ0) is 25.5. The van der Waals surface area contributed by atoms with E-state index in [4.69, 9.17) is 9.47 Å². The van der Waals surface area contributed by atoms with E-state index in [9.17, 15) is 9.18 Å². The Hall–Kier alpha value is -3.85. The van der Waals surface area contributed by atoms with Crippen molar-refractivity contribution in [3.8, 4) is 11.5 Å². The summed E-state index contributed by atoms with van der Waals surface area (Å²) in [5.41, 5.74) is 1.97. The lowest BCUT2D eigenvalue weighted by molar-refractivity contribution is 0.0930. The van der Waals surface area contributed by atoms with Crippen LogP contribution in [-0.4, -0.2) is 34.9 Å². The molecular formula is C27H27FN4O3S. The van der Waals surface area contributed by atoms with Gasteiger partial charge in [0, 0.05) is 12.8 Å². The molecule has 0 saturated carbocycles. The largest absolute Gasteiger partial charge is 0.493 e. The number of benzene rings is 3. The summed E-state index contributed by atoms with van der Waals surface area (Å²) in [6, 6.07) is 21.2. The molecule has 0 aliphatic carbocycles. The lowest BCUT2D eigenvalue weighted by atomic mass is 10.0. The van der Waals surface area contributed by atoms with Crippen LogP contribution in [0.25, 0.3) is 0 Å². The fourth-order valence-electron chi connectivity index (χ4n) is 3.87. The lowest BCUT2D eigenvalue weighted by Crippen LogP contribution is -2.32. The van der Waals surface area contributed by atoms with Crippen LogP contribution in [0.3, 0.4) is 0 Å². The minimum atomic E-state index is -0.476. The molecule has 0 spiro atoms. The zero-order valence-corrected chi connectivity index (χ0v) is 21.1. The quantitative estimate of drug-likeness (QED) is 0.306. The Balaban J connectivity index is 1.61. The Morgan fingerprint density at radius 1 is 1.00 bits per heavy atom. The molecule has 186 valence electrons. The summed E-state index contributed by atoms with van der Waals surface area (Å²) in [7, 11) is 4.87. The molecule has 1 atom stereocenters. The number of nitrogens with zero attached hydrogens (tertiary/aromatic N) is 3.